The number of ketones is 1. The molecule has 0 saturated carbocycles. The highest BCUT2D eigenvalue weighted by Crippen LogP contribution is 2.19. The van der Waals surface area contributed by atoms with Crippen LogP contribution < -0.4 is 0 Å². The molecular weight excluding hydrogens is 256 g/mol. The van der Waals surface area contributed by atoms with Gasteiger partial charge >= 0.3 is 0 Å². The minimum absolute atomic E-state index is 0.0825. The first-order chi connectivity index (χ1) is 9.24. The number of hydrogen-bond acceptors (Lipinski definition) is 3. The van der Waals surface area contributed by atoms with Crippen LogP contribution in [0.5, 0.6) is 0 Å². The van der Waals surface area contributed by atoms with Crippen molar-refractivity contribution in [2.45, 2.75) is 19.3 Å². The first kappa shape index (κ1) is 12.1. The zero-order valence-electron chi connectivity index (χ0n) is 10.6. The minimum atomic E-state index is -0.0825. The fourth-order valence-corrected chi connectivity index (χ4v) is 2.84. The second kappa shape index (κ2) is 4.97. The molecule has 4 heteroatoms. The van der Waals surface area contributed by atoms with Crippen molar-refractivity contribution in [1.29, 1.82) is 0 Å². The number of rotatable bonds is 4. The maximum atomic E-state index is 12.3. The van der Waals surface area contributed by atoms with Gasteiger partial charge in [0.1, 0.15) is 5.78 Å². The molecule has 0 saturated heterocycles. The van der Waals surface area contributed by atoms with Crippen LogP contribution in [0.4, 0.5) is 0 Å². The third-order valence-electron chi connectivity index (χ3n) is 3.28. The van der Waals surface area contributed by atoms with Crippen LogP contribution in [0.3, 0.4) is 0 Å². The van der Waals surface area contributed by atoms with Gasteiger partial charge in [-0.05, 0) is 5.56 Å². The maximum Gasteiger partial charge on any atom is 0.193 e. The Labute approximate surface area is 115 Å². The number of nitrogens with zero attached hydrogens (tertiary/aromatic N) is 2. The van der Waals surface area contributed by atoms with E-state index in [1.807, 2.05) is 59.4 Å². The predicted octanol–water partition coefficient (Wildman–Crippen LogP) is 3.31. The van der Waals surface area contributed by atoms with Gasteiger partial charge in [-0.15, -0.1) is 11.3 Å². The summed E-state index contributed by atoms with van der Waals surface area (Å²) in [5.41, 5.74) is 1.91. The lowest BCUT2D eigenvalue weighted by molar-refractivity contribution is -0.119. The summed E-state index contributed by atoms with van der Waals surface area (Å²) in [7, 11) is 0. The van der Waals surface area contributed by atoms with Crippen molar-refractivity contribution < 1.29 is 4.79 Å². The Kier molecular flexibility index (Phi) is 3.17. The van der Waals surface area contributed by atoms with Gasteiger partial charge in [-0.1, -0.05) is 37.3 Å². The summed E-state index contributed by atoms with van der Waals surface area (Å²) in [5.74, 6) is 0.123. The maximum absolute atomic E-state index is 12.3. The summed E-state index contributed by atoms with van der Waals surface area (Å²) in [6.45, 7) is 1.95. The Morgan fingerprint density at radius 2 is 2.16 bits per heavy atom. The van der Waals surface area contributed by atoms with E-state index < -0.39 is 0 Å². The Morgan fingerprint density at radius 3 is 2.89 bits per heavy atom. The molecule has 1 atom stereocenters. The highest BCUT2D eigenvalue weighted by molar-refractivity contribution is 7.15. The Hall–Kier alpha value is -1.94. The van der Waals surface area contributed by atoms with Crippen molar-refractivity contribution in [2.75, 3.05) is 0 Å². The van der Waals surface area contributed by atoms with Gasteiger partial charge in [-0.3, -0.25) is 9.20 Å². The lowest BCUT2D eigenvalue weighted by atomic mass is 9.94. The van der Waals surface area contributed by atoms with Gasteiger partial charge in [0.2, 0.25) is 0 Å². The summed E-state index contributed by atoms with van der Waals surface area (Å²) < 4.78 is 1.96. The molecule has 3 nitrogen and oxygen atoms in total. The number of hydrogen-bond donors (Lipinski definition) is 0. The summed E-state index contributed by atoms with van der Waals surface area (Å²) in [5, 5.41) is 1.99. The number of aromatic nitrogens is 2. The normalized spacial score (nSPS) is 12.7. The molecule has 2 aromatic heterocycles. The van der Waals surface area contributed by atoms with Crippen LogP contribution in [0.1, 0.15) is 24.1 Å². The van der Waals surface area contributed by atoms with Crippen LogP contribution in [0.2, 0.25) is 0 Å². The molecule has 0 radical (unpaired) electrons. The fourth-order valence-electron chi connectivity index (χ4n) is 2.12. The summed E-state index contributed by atoms with van der Waals surface area (Å²) >= 11 is 1.58. The van der Waals surface area contributed by atoms with Crippen LogP contribution in [-0.4, -0.2) is 15.2 Å². The van der Waals surface area contributed by atoms with Crippen LogP contribution >= 0.6 is 11.3 Å². The Morgan fingerprint density at radius 1 is 1.37 bits per heavy atom. The van der Waals surface area contributed by atoms with E-state index >= 15 is 0 Å². The number of thiazole rings is 1. The molecule has 3 aromatic rings. The number of benzene rings is 1. The zero-order valence-corrected chi connectivity index (χ0v) is 11.4. The molecule has 0 amide bonds. The highest BCUT2D eigenvalue weighted by Gasteiger charge is 2.16. The molecule has 19 heavy (non-hydrogen) atoms. The SMILES string of the molecule is CC(C(=O)Cc1cn2ccsc2n1)c1ccccc1. The third kappa shape index (κ3) is 2.44. The molecule has 96 valence electrons. The number of imidazole rings is 1. The predicted molar refractivity (Wildman–Crippen MR) is 76.6 cm³/mol. The quantitative estimate of drug-likeness (QED) is 0.729. The summed E-state index contributed by atoms with van der Waals surface area (Å²) in [6.07, 6.45) is 4.29. The summed E-state index contributed by atoms with van der Waals surface area (Å²) in [6, 6.07) is 9.88. The Bertz CT molecular complexity index is 671. The number of Topliss-reactive ketones (excluding diaryl/α,β-unsaturated/α-hetero) is 1. The van der Waals surface area contributed by atoms with Crippen molar-refractivity contribution in [3.05, 3.63) is 59.4 Å². The van der Waals surface area contributed by atoms with Gasteiger partial charge in [-0.25, -0.2) is 4.98 Å². The zero-order chi connectivity index (χ0) is 13.2. The highest BCUT2D eigenvalue weighted by atomic mass is 32.1. The molecule has 0 N–H and O–H groups in total. The van der Waals surface area contributed by atoms with Gasteiger partial charge in [0, 0.05) is 23.7 Å². The number of carbonyl (C=O) groups excluding carboxylic acids is 1. The standard InChI is InChI=1S/C15H14N2OS/c1-11(12-5-3-2-4-6-12)14(18)9-13-10-17-7-8-19-15(17)16-13/h2-8,10-11H,9H2,1H3. The molecule has 3 rings (SSSR count). The lowest BCUT2D eigenvalue weighted by Crippen LogP contribution is -2.12. The van der Waals surface area contributed by atoms with E-state index in [0.717, 1.165) is 16.2 Å². The van der Waals surface area contributed by atoms with Crippen LogP contribution in [0.25, 0.3) is 4.96 Å². The van der Waals surface area contributed by atoms with E-state index in [0.29, 0.717) is 6.42 Å². The van der Waals surface area contributed by atoms with Gasteiger partial charge in [-0.2, -0.15) is 0 Å². The molecule has 0 aliphatic carbocycles. The van der Waals surface area contributed by atoms with Gasteiger partial charge in [0.25, 0.3) is 0 Å². The molecule has 0 aliphatic rings. The van der Waals surface area contributed by atoms with Crippen molar-refractivity contribution in [3.8, 4) is 0 Å². The molecule has 0 bridgehead atoms. The van der Waals surface area contributed by atoms with Crippen molar-refractivity contribution in [3.63, 3.8) is 0 Å². The first-order valence-electron chi connectivity index (χ1n) is 6.23. The number of fused-ring (bicyclic) bond motifs is 1. The van der Waals surface area contributed by atoms with Gasteiger partial charge < -0.3 is 0 Å². The Balaban J connectivity index is 1.76. The molecule has 2 heterocycles. The molecular formula is C15H14N2OS. The molecule has 0 fully saturated rings. The molecule has 0 aliphatic heterocycles. The van der Waals surface area contributed by atoms with Crippen LogP contribution in [0, 0.1) is 0 Å². The van der Waals surface area contributed by atoms with E-state index in [1.54, 1.807) is 11.3 Å². The minimum Gasteiger partial charge on any atom is -0.299 e. The monoisotopic (exact) mass is 270 g/mol. The topological polar surface area (TPSA) is 34.4 Å². The second-order valence-electron chi connectivity index (χ2n) is 4.60. The lowest BCUT2D eigenvalue weighted by Gasteiger charge is -2.09. The average Bonchev–Trinajstić information content (AvgIpc) is 2.99. The van der Waals surface area contributed by atoms with E-state index in [1.165, 1.54) is 0 Å². The first-order valence-corrected chi connectivity index (χ1v) is 7.11. The van der Waals surface area contributed by atoms with E-state index in [-0.39, 0.29) is 11.7 Å². The average molecular weight is 270 g/mol. The molecule has 1 aromatic carbocycles. The van der Waals surface area contributed by atoms with Gasteiger partial charge in [0.15, 0.2) is 4.96 Å². The van der Waals surface area contributed by atoms with Crippen molar-refractivity contribution in [1.82, 2.24) is 9.38 Å². The smallest absolute Gasteiger partial charge is 0.193 e. The molecule has 1 unspecified atom stereocenters. The van der Waals surface area contributed by atoms with E-state index in [2.05, 4.69) is 4.98 Å². The molecule has 0 spiro atoms. The van der Waals surface area contributed by atoms with Crippen LogP contribution in [0.15, 0.2) is 48.1 Å². The number of carbonyl (C=O) groups is 1. The third-order valence-corrected chi connectivity index (χ3v) is 4.05. The second-order valence-corrected chi connectivity index (χ2v) is 5.47. The van der Waals surface area contributed by atoms with E-state index in [9.17, 15) is 4.79 Å². The largest absolute Gasteiger partial charge is 0.299 e. The van der Waals surface area contributed by atoms with Crippen molar-refractivity contribution >= 4 is 22.1 Å². The van der Waals surface area contributed by atoms with Gasteiger partial charge in [0.05, 0.1) is 12.1 Å². The fraction of sp³-hybridized carbons (Fsp3) is 0.200. The summed E-state index contributed by atoms with van der Waals surface area (Å²) in [4.78, 5) is 17.7. The van der Waals surface area contributed by atoms with Crippen LogP contribution in [-0.2, 0) is 11.2 Å². The van der Waals surface area contributed by atoms with Crippen molar-refractivity contribution in [2.24, 2.45) is 0 Å². The van der Waals surface area contributed by atoms with E-state index in [4.69, 9.17) is 0 Å².